The number of ketones is 1. The van der Waals surface area contributed by atoms with E-state index in [0.29, 0.717) is 38.8 Å². The SMILES string of the molecule is Cc1cccc(CS(=O)(=O)N2CCN(CC(=O)c3cc(C)n(C(C)C)c3C)CC2)c1. The van der Waals surface area contributed by atoms with Gasteiger partial charge in [0.15, 0.2) is 5.78 Å². The summed E-state index contributed by atoms with van der Waals surface area (Å²) < 4.78 is 29.3. The first kappa shape index (κ1) is 22.7. The van der Waals surface area contributed by atoms with E-state index in [2.05, 4.69) is 23.3 Å². The molecule has 1 saturated heterocycles. The zero-order chi connectivity index (χ0) is 22.1. The number of hydrogen-bond acceptors (Lipinski definition) is 4. The molecule has 2 aromatic rings. The Kier molecular flexibility index (Phi) is 6.84. The summed E-state index contributed by atoms with van der Waals surface area (Å²) in [4.78, 5) is 14.9. The number of piperazine rings is 1. The highest BCUT2D eigenvalue weighted by atomic mass is 32.2. The van der Waals surface area contributed by atoms with Crippen molar-refractivity contribution in [2.45, 2.75) is 46.4 Å². The smallest absolute Gasteiger partial charge is 0.218 e. The summed E-state index contributed by atoms with van der Waals surface area (Å²) in [6.07, 6.45) is 0. The monoisotopic (exact) mass is 431 g/mol. The average molecular weight is 432 g/mol. The highest BCUT2D eigenvalue weighted by Crippen LogP contribution is 2.21. The highest BCUT2D eigenvalue weighted by molar-refractivity contribution is 7.88. The van der Waals surface area contributed by atoms with Crippen LogP contribution in [-0.4, -0.2) is 60.7 Å². The molecule has 3 rings (SSSR count). The maximum Gasteiger partial charge on any atom is 0.218 e. The molecule has 1 aliphatic rings. The second-order valence-corrected chi connectivity index (χ2v) is 10.6. The molecule has 164 valence electrons. The van der Waals surface area contributed by atoms with Crippen LogP contribution in [0, 0.1) is 20.8 Å². The van der Waals surface area contributed by atoms with Crippen LogP contribution in [0.3, 0.4) is 0 Å². The number of rotatable bonds is 7. The van der Waals surface area contributed by atoms with Crippen LogP contribution < -0.4 is 0 Å². The van der Waals surface area contributed by atoms with E-state index in [1.807, 2.05) is 51.1 Å². The Morgan fingerprint density at radius 1 is 1.03 bits per heavy atom. The predicted octanol–water partition coefficient (Wildman–Crippen LogP) is 3.32. The van der Waals surface area contributed by atoms with Crippen molar-refractivity contribution >= 4 is 15.8 Å². The molecule has 0 aliphatic carbocycles. The van der Waals surface area contributed by atoms with Crippen molar-refractivity contribution in [1.82, 2.24) is 13.8 Å². The first-order chi connectivity index (χ1) is 14.1. The Morgan fingerprint density at radius 2 is 1.70 bits per heavy atom. The first-order valence-electron chi connectivity index (χ1n) is 10.6. The summed E-state index contributed by atoms with van der Waals surface area (Å²) in [5.74, 6) is 0.125. The number of carbonyl (C=O) groups excluding carboxylic acids is 1. The van der Waals surface area contributed by atoms with Gasteiger partial charge in [-0.25, -0.2) is 8.42 Å². The molecule has 0 unspecified atom stereocenters. The van der Waals surface area contributed by atoms with Crippen LogP contribution in [0.4, 0.5) is 0 Å². The van der Waals surface area contributed by atoms with Crippen molar-refractivity contribution in [3.05, 3.63) is 58.4 Å². The van der Waals surface area contributed by atoms with E-state index in [1.54, 1.807) is 4.31 Å². The minimum absolute atomic E-state index is 0.0226. The van der Waals surface area contributed by atoms with Gasteiger partial charge in [-0.2, -0.15) is 4.31 Å². The normalized spacial score (nSPS) is 16.3. The molecule has 1 aliphatic heterocycles. The highest BCUT2D eigenvalue weighted by Gasteiger charge is 2.28. The molecular formula is C23H33N3O3S. The van der Waals surface area contributed by atoms with Crippen molar-refractivity contribution in [1.29, 1.82) is 0 Å². The molecule has 0 radical (unpaired) electrons. The van der Waals surface area contributed by atoms with Crippen molar-refractivity contribution in [2.24, 2.45) is 0 Å². The number of aromatic nitrogens is 1. The number of sulfonamides is 1. The van der Waals surface area contributed by atoms with Crippen LogP contribution in [-0.2, 0) is 15.8 Å². The molecule has 1 aromatic heterocycles. The van der Waals surface area contributed by atoms with Crippen LogP contribution in [0.5, 0.6) is 0 Å². The number of Topliss-reactive ketones (excluding diaryl/α,β-unsaturated/α-hetero) is 1. The van der Waals surface area contributed by atoms with Crippen LogP contribution >= 0.6 is 0 Å². The third-order valence-electron chi connectivity index (χ3n) is 5.82. The number of aryl methyl sites for hydroxylation is 2. The lowest BCUT2D eigenvalue weighted by molar-refractivity contribution is 0.0901. The molecule has 0 atom stereocenters. The van der Waals surface area contributed by atoms with Gasteiger partial charge in [-0.15, -0.1) is 0 Å². The van der Waals surface area contributed by atoms with Crippen LogP contribution in [0.15, 0.2) is 30.3 Å². The molecule has 0 N–H and O–H groups in total. The zero-order valence-corrected chi connectivity index (χ0v) is 19.5. The Labute approximate surface area is 180 Å². The second kappa shape index (κ2) is 9.04. The third-order valence-corrected chi connectivity index (χ3v) is 7.67. The Morgan fingerprint density at radius 3 is 2.27 bits per heavy atom. The second-order valence-electron chi connectivity index (χ2n) is 8.59. The summed E-state index contributed by atoms with van der Waals surface area (Å²) in [5, 5.41) is 0. The molecule has 1 aromatic carbocycles. The molecule has 2 heterocycles. The van der Waals surface area contributed by atoms with Crippen LogP contribution in [0.2, 0.25) is 0 Å². The summed E-state index contributed by atoms with van der Waals surface area (Å²) in [6.45, 7) is 12.5. The summed E-state index contributed by atoms with van der Waals surface area (Å²) >= 11 is 0. The Balaban J connectivity index is 1.59. The molecule has 0 bridgehead atoms. The van der Waals surface area contributed by atoms with E-state index in [-0.39, 0.29) is 11.5 Å². The standard InChI is InChI=1S/C23H33N3O3S/c1-17(2)26-19(4)14-22(20(26)5)23(27)15-24-9-11-25(12-10-24)30(28,29)16-21-8-6-7-18(3)13-21/h6-8,13-14,17H,9-12,15-16H2,1-5H3. The maximum absolute atomic E-state index is 12.9. The Bertz CT molecular complexity index is 1020. The van der Waals surface area contributed by atoms with Crippen LogP contribution in [0.25, 0.3) is 0 Å². The van der Waals surface area contributed by atoms with E-state index < -0.39 is 10.0 Å². The largest absolute Gasteiger partial charge is 0.346 e. The van der Waals surface area contributed by atoms with Gasteiger partial charge >= 0.3 is 0 Å². The van der Waals surface area contributed by atoms with Gasteiger partial charge in [0.2, 0.25) is 10.0 Å². The zero-order valence-electron chi connectivity index (χ0n) is 18.7. The molecule has 0 saturated carbocycles. The molecule has 30 heavy (non-hydrogen) atoms. The van der Waals surface area contributed by atoms with Gasteiger partial charge in [0, 0.05) is 49.2 Å². The van der Waals surface area contributed by atoms with E-state index >= 15 is 0 Å². The van der Waals surface area contributed by atoms with Gasteiger partial charge in [-0.05, 0) is 46.2 Å². The van der Waals surface area contributed by atoms with Gasteiger partial charge in [-0.3, -0.25) is 9.69 Å². The van der Waals surface area contributed by atoms with Crippen molar-refractivity contribution in [3.63, 3.8) is 0 Å². The molecule has 7 heteroatoms. The van der Waals surface area contributed by atoms with E-state index in [1.165, 1.54) is 0 Å². The van der Waals surface area contributed by atoms with E-state index in [4.69, 9.17) is 0 Å². The van der Waals surface area contributed by atoms with Crippen molar-refractivity contribution < 1.29 is 13.2 Å². The molecular weight excluding hydrogens is 398 g/mol. The lowest BCUT2D eigenvalue weighted by Crippen LogP contribution is -2.50. The van der Waals surface area contributed by atoms with Gasteiger partial charge in [0.05, 0.1) is 12.3 Å². The third kappa shape index (κ3) is 5.02. The summed E-state index contributed by atoms with van der Waals surface area (Å²) in [5.41, 5.74) is 4.75. The number of carbonyl (C=O) groups is 1. The quantitative estimate of drug-likeness (QED) is 0.631. The number of benzene rings is 1. The lowest BCUT2D eigenvalue weighted by Gasteiger charge is -2.33. The molecule has 6 nitrogen and oxygen atoms in total. The van der Waals surface area contributed by atoms with E-state index in [9.17, 15) is 13.2 Å². The predicted molar refractivity (Wildman–Crippen MR) is 120 cm³/mol. The maximum atomic E-state index is 12.9. The van der Waals surface area contributed by atoms with E-state index in [0.717, 1.165) is 28.1 Å². The molecule has 0 spiro atoms. The fourth-order valence-corrected chi connectivity index (χ4v) is 5.91. The molecule has 0 amide bonds. The minimum Gasteiger partial charge on any atom is -0.346 e. The van der Waals surface area contributed by atoms with Gasteiger partial charge in [0.25, 0.3) is 0 Å². The number of hydrogen-bond donors (Lipinski definition) is 0. The van der Waals surface area contributed by atoms with Gasteiger partial charge in [0.1, 0.15) is 0 Å². The fourth-order valence-electron chi connectivity index (χ4n) is 4.41. The molecule has 1 fully saturated rings. The topological polar surface area (TPSA) is 62.6 Å². The average Bonchev–Trinajstić information content (AvgIpc) is 2.96. The summed E-state index contributed by atoms with van der Waals surface area (Å²) in [6, 6.07) is 9.91. The fraction of sp³-hybridized carbons (Fsp3) is 0.522. The minimum atomic E-state index is -3.36. The Hall–Kier alpha value is -1.96. The first-order valence-corrected chi connectivity index (χ1v) is 12.2. The van der Waals surface area contributed by atoms with Gasteiger partial charge < -0.3 is 4.57 Å². The van der Waals surface area contributed by atoms with Gasteiger partial charge in [-0.1, -0.05) is 29.8 Å². The summed E-state index contributed by atoms with van der Waals surface area (Å²) in [7, 11) is -3.36. The lowest BCUT2D eigenvalue weighted by atomic mass is 10.1. The van der Waals surface area contributed by atoms with Crippen molar-refractivity contribution in [3.8, 4) is 0 Å². The van der Waals surface area contributed by atoms with Crippen molar-refractivity contribution in [2.75, 3.05) is 32.7 Å². The number of nitrogens with zero attached hydrogens (tertiary/aromatic N) is 3. The van der Waals surface area contributed by atoms with Crippen LogP contribution in [0.1, 0.15) is 52.8 Å².